The Hall–Kier alpha value is -1.68. The van der Waals surface area contributed by atoms with E-state index in [0.29, 0.717) is 12.0 Å². The van der Waals surface area contributed by atoms with E-state index in [9.17, 15) is 14.7 Å². The molecule has 0 unspecified atom stereocenters. The molecule has 1 saturated heterocycles. The molecule has 0 amide bonds. The van der Waals surface area contributed by atoms with E-state index in [1.54, 1.807) is 39.8 Å². The van der Waals surface area contributed by atoms with Gasteiger partial charge in [0.25, 0.3) is 0 Å². The summed E-state index contributed by atoms with van der Waals surface area (Å²) < 4.78 is 5.69. The number of ether oxygens (including phenoxy) is 1. The Morgan fingerprint density at radius 2 is 1.62 bits per heavy atom. The Morgan fingerprint density at radius 3 is 2.10 bits per heavy atom. The van der Waals surface area contributed by atoms with Crippen LogP contribution < -0.4 is 0 Å². The van der Waals surface area contributed by atoms with Gasteiger partial charge in [0.05, 0.1) is 0 Å². The first kappa shape index (κ1) is 15.7. The quantitative estimate of drug-likeness (QED) is 0.851. The highest BCUT2D eigenvalue weighted by molar-refractivity contribution is 6.15. The molecule has 4 heteroatoms. The van der Waals surface area contributed by atoms with Crippen molar-refractivity contribution in [2.45, 2.75) is 58.2 Å². The number of phenols is 1. The number of benzene rings is 1. The molecule has 0 radical (unpaired) electrons. The second-order valence-electron chi connectivity index (χ2n) is 6.52. The Bertz CT molecular complexity index is 573. The third kappa shape index (κ3) is 2.60. The monoisotopic (exact) mass is 290 g/mol. The number of phenolic OH excluding ortho intramolecular Hbond substituents is 1. The number of carbonyl (C=O) groups is 2. The van der Waals surface area contributed by atoms with Gasteiger partial charge in [-0.1, -0.05) is 13.0 Å². The molecule has 0 atom stereocenters. The molecule has 1 aromatic carbocycles. The number of ketones is 2. The molecular weight excluding hydrogens is 268 g/mol. The first-order chi connectivity index (χ1) is 9.60. The predicted molar refractivity (Wildman–Crippen MR) is 79.5 cm³/mol. The van der Waals surface area contributed by atoms with E-state index < -0.39 is 17.1 Å². The van der Waals surface area contributed by atoms with Crippen molar-refractivity contribution in [2.75, 3.05) is 0 Å². The molecule has 4 nitrogen and oxygen atoms in total. The van der Waals surface area contributed by atoms with Gasteiger partial charge in [0.2, 0.25) is 0 Å². The maximum atomic E-state index is 12.7. The van der Waals surface area contributed by atoms with Gasteiger partial charge in [-0.3, -0.25) is 9.59 Å². The molecule has 114 valence electrons. The molecule has 1 N–H and O–H groups in total. The molecule has 0 spiro atoms. The summed E-state index contributed by atoms with van der Waals surface area (Å²) in [5, 5.41) is 9.61. The van der Waals surface area contributed by atoms with Gasteiger partial charge in [-0.2, -0.15) is 0 Å². The highest BCUT2D eigenvalue weighted by Crippen LogP contribution is 2.40. The minimum Gasteiger partial charge on any atom is -0.508 e. The van der Waals surface area contributed by atoms with E-state index in [0.717, 1.165) is 5.56 Å². The number of aryl methyl sites for hydroxylation is 1. The van der Waals surface area contributed by atoms with Crippen molar-refractivity contribution >= 4 is 11.6 Å². The van der Waals surface area contributed by atoms with E-state index in [2.05, 4.69) is 0 Å². The van der Waals surface area contributed by atoms with Crippen LogP contribution in [0.15, 0.2) is 18.2 Å². The van der Waals surface area contributed by atoms with Crippen LogP contribution in [0, 0.1) is 0 Å². The lowest BCUT2D eigenvalue weighted by Crippen LogP contribution is -2.58. The van der Waals surface area contributed by atoms with Gasteiger partial charge in [-0.25, -0.2) is 0 Å². The second-order valence-corrected chi connectivity index (χ2v) is 6.52. The topological polar surface area (TPSA) is 63.6 Å². The van der Waals surface area contributed by atoms with Gasteiger partial charge in [0, 0.05) is 0 Å². The molecule has 1 aliphatic heterocycles. The van der Waals surface area contributed by atoms with Crippen LogP contribution in [0.4, 0.5) is 0 Å². The number of Topliss-reactive ketones (excluding diaryl/α,β-unsaturated/α-hetero) is 2. The zero-order valence-corrected chi connectivity index (χ0v) is 13.2. The fourth-order valence-electron chi connectivity index (χ4n) is 3.02. The summed E-state index contributed by atoms with van der Waals surface area (Å²) in [5.41, 5.74) is -0.527. The van der Waals surface area contributed by atoms with E-state index in [4.69, 9.17) is 4.74 Å². The standard InChI is InChI=1S/C17H22O4/c1-6-10-9-11(18)7-8-12(10)13-14(19)16(2,3)21-17(4,5)15(13)20/h7-9,13,18H,6H2,1-5H3. The van der Waals surface area contributed by atoms with Gasteiger partial charge >= 0.3 is 0 Å². The molecule has 1 fully saturated rings. The molecule has 21 heavy (non-hydrogen) atoms. The first-order valence-corrected chi connectivity index (χ1v) is 7.20. The van der Waals surface area contributed by atoms with Crippen LogP contribution in [0.1, 0.15) is 51.7 Å². The average molecular weight is 290 g/mol. The lowest BCUT2D eigenvalue weighted by Gasteiger charge is -2.43. The summed E-state index contributed by atoms with van der Waals surface area (Å²) in [6.45, 7) is 8.72. The predicted octanol–water partition coefficient (Wildman–Crippen LogP) is 2.76. The van der Waals surface area contributed by atoms with Crippen molar-refractivity contribution in [3.05, 3.63) is 29.3 Å². The molecule has 0 bridgehead atoms. The lowest BCUT2D eigenvalue weighted by molar-refractivity contribution is -0.184. The summed E-state index contributed by atoms with van der Waals surface area (Å²) in [5.74, 6) is -1.15. The SMILES string of the molecule is CCc1cc(O)ccc1C1C(=O)C(C)(C)OC(C)(C)C1=O. The zero-order valence-electron chi connectivity index (χ0n) is 13.2. The number of rotatable bonds is 2. The van der Waals surface area contributed by atoms with Crippen LogP contribution in [-0.4, -0.2) is 27.9 Å². The molecule has 2 rings (SSSR count). The number of hydrogen-bond donors (Lipinski definition) is 1. The van der Waals surface area contributed by atoms with Gasteiger partial charge in [0.1, 0.15) is 22.9 Å². The van der Waals surface area contributed by atoms with Crippen LogP contribution in [0.3, 0.4) is 0 Å². The molecule has 1 aromatic rings. The molecule has 1 heterocycles. The maximum absolute atomic E-state index is 12.7. The van der Waals surface area contributed by atoms with Crippen molar-refractivity contribution in [3.63, 3.8) is 0 Å². The van der Waals surface area contributed by atoms with Crippen molar-refractivity contribution in [1.29, 1.82) is 0 Å². The molecule has 0 aromatic heterocycles. The fraction of sp³-hybridized carbons (Fsp3) is 0.529. The fourth-order valence-corrected chi connectivity index (χ4v) is 3.02. The Morgan fingerprint density at radius 1 is 1.10 bits per heavy atom. The van der Waals surface area contributed by atoms with Gasteiger partial charge in [-0.15, -0.1) is 0 Å². The van der Waals surface area contributed by atoms with Crippen molar-refractivity contribution in [1.82, 2.24) is 0 Å². The molecule has 0 aliphatic carbocycles. The third-order valence-corrected chi connectivity index (χ3v) is 4.04. The normalized spacial score (nSPS) is 21.6. The third-order valence-electron chi connectivity index (χ3n) is 4.04. The summed E-state index contributed by atoms with van der Waals surface area (Å²) in [6.07, 6.45) is 0.641. The summed E-state index contributed by atoms with van der Waals surface area (Å²) in [7, 11) is 0. The first-order valence-electron chi connectivity index (χ1n) is 7.20. The van der Waals surface area contributed by atoms with E-state index in [1.807, 2.05) is 6.92 Å². The van der Waals surface area contributed by atoms with E-state index in [1.165, 1.54) is 6.07 Å². The van der Waals surface area contributed by atoms with Crippen molar-refractivity contribution < 1.29 is 19.4 Å². The average Bonchev–Trinajstić information content (AvgIpc) is 2.37. The molecule has 1 aliphatic rings. The maximum Gasteiger partial charge on any atom is 0.179 e. The Balaban J connectivity index is 2.60. The summed E-state index contributed by atoms with van der Waals surface area (Å²) >= 11 is 0. The minimum atomic E-state index is -1.01. The van der Waals surface area contributed by atoms with Gasteiger partial charge in [0.15, 0.2) is 11.6 Å². The van der Waals surface area contributed by atoms with Crippen LogP contribution >= 0.6 is 0 Å². The molecule has 0 saturated carbocycles. The lowest BCUT2D eigenvalue weighted by atomic mass is 9.74. The Kier molecular flexibility index (Phi) is 3.70. The van der Waals surface area contributed by atoms with Gasteiger partial charge < -0.3 is 9.84 Å². The number of carbonyl (C=O) groups excluding carboxylic acids is 2. The zero-order chi connectivity index (χ0) is 16.0. The van der Waals surface area contributed by atoms with Crippen molar-refractivity contribution in [2.24, 2.45) is 0 Å². The van der Waals surface area contributed by atoms with Crippen LogP contribution in [0.5, 0.6) is 5.75 Å². The minimum absolute atomic E-state index is 0.140. The van der Waals surface area contributed by atoms with Crippen LogP contribution in [-0.2, 0) is 20.7 Å². The smallest absolute Gasteiger partial charge is 0.179 e. The highest BCUT2D eigenvalue weighted by atomic mass is 16.5. The van der Waals surface area contributed by atoms with Crippen molar-refractivity contribution in [3.8, 4) is 5.75 Å². The van der Waals surface area contributed by atoms with Crippen LogP contribution in [0.25, 0.3) is 0 Å². The van der Waals surface area contributed by atoms with E-state index in [-0.39, 0.29) is 17.3 Å². The van der Waals surface area contributed by atoms with Crippen LogP contribution in [0.2, 0.25) is 0 Å². The van der Waals surface area contributed by atoms with E-state index >= 15 is 0 Å². The highest BCUT2D eigenvalue weighted by Gasteiger charge is 2.53. The van der Waals surface area contributed by atoms with Gasteiger partial charge in [-0.05, 0) is 57.4 Å². The summed E-state index contributed by atoms with van der Waals surface area (Å²) in [4.78, 5) is 25.4. The number of aromatic hydroxyl groups is 1. The molecular formula is C17H22O4. The Labute approximate surface area is 125 Å². The number of hydrogen-bond acceptors (Lipinski definition) is 4. The largest absolute Gasteiger partial charge is 0.508 e. The second kappa shape index (κ2) is 4.95. The summed E-state index contributed by atoms with van der Waals surface area (Å²) in [6, 6.07) is 4.81.